The molecule has 5 nitrogen and oxygen atoms in total. The first-order chi connectivity index (χ1) is 14.2. The van der Waals surface area contributed by atoms with Crippen molar-refractivity contribution < 1.29 is 14.0 Å². The topological polar surface area (TPSA) is 62.6 Å². The van der Waals surface area contributed by atoms with Gasteiger partial charge >= 0.3 is 0 Å². The second kappa shape index (κ2) is 9.20. The van der Waals surface area contributed by atoms with E-state index in [0.29, 0.717) is 32.7 Å². The summed E-state index contributed by atoms with van der Waals surface area (Å²) >= 11 is 12.2. The van der Waals surface area contributed by atoms with Crippen LogP contribution in [0.2, 0.25) is 10.0 Å². The van der Waals surface area contributed by atoms with Crippen molar-refractivity contribution in [3.8, 4) is 11.3 Å². The van der Waals surface area contributed by atoms with E-state index >= 15 is 0 Å². The van der Waals surface area contributed by atoms with Crippen LogP contribution >= 0.6 is 23.2 Å². The molecule has 0 aliphatic heterocycles. The first-order valence-corrected chi connectivity index (χ1v) is 9.87. The molecule has 154 valence electrons. The predicted octanol–water partition coefficient (Wildman–Crippen LogP) is 5.42. The van der Waals surface area contributed by atoms with Gasteiger partial charge in [0.1, 0.15) is 17.2 Å². The third-order valence-electron chi connectivity index (χ3n) is 4.31. The second-order valence-electron chi connectivity index (χ2n) is 6.90. The average molecular weight is 443 g/mol. The van der Waals surface area contributed by atoms with Crippen molar-refractivity contribution in [3.63, 3.8) is 0 Å². The Morgan fingerprint density at radius 2 is 1.70 bits per heavy atom. The van der Waals surface area contributed by atoms with E-state index in [1.807, 2.05) is 19.1 Å². The van der Waals surface area contributed by atoms with Crippen molar-refractivity contribution in [1.29, 1.82) is 0 Å². The summed E-state index contributed by atoms with van der Waals surface area (Å²) < 4.78 is 5.83. The molecule has 7 heteroatoms. The minimum Gasteiger partial charge on any atom is -0.457 e. The first kappa shape index (κ1) is 21.7. The Morgan fingerprint density at radius 3 is 2.33 bits per heavy atom. The van der Waals surface area contributed by atoms with Gasteiger partial charge in [-0.25, -0.2) is 0 Å². The molecule has 0 fully saturated rings. The van der Waals surface area contributed by atoms with E-state index < -0.39 is 0 Å². The van der Waals surface area contributed by atoms with Gasteiger partial charge in [-0.2, -0.15) is 0 Å². The number of nitrogens with one attached hydrogen (secondary N) is 1. The van der Waals surface area contributed by atoms with E-state index in [4.69, 9.17) is 27.6 Å². The zero-order chi connectivity index (χ0) is 21.8. The molecule has 0 radical (unpaired) electrons. The highest BCUT2D eigenvalue weighted by molar-refractivity contribution is 6.36. The Morgan fingerprint density at radius 1 is 1.00 bits per heavy atom. The van der Waals surface area contributed by atoms with Crippen LogP contribution in [0.25, 0.3) is 17.4 Å². The van der Waals surface area contributed by atoms with Gasteiger partial charge in [-0.05, 0) is 49.4 Å². The molecule has 0 saturated carbocycles. The first-order valence-electron chi connectivity index (χ1n) is 9.11. The van der Waals surface area contributed by atoms with Crippen molar-refractivity contribution in [2.45, 2.75) is 6.92 Å². The fraction of sp³-hybridized carbons (Fsp3) is 0.130. The number of hydrogen-bond acceptors (Lipinski definition) is 3. The third-order valence-corrected chi connectivity index (χ3v) is 4.86. The van der Waals surface area contributed by atoms with Gasteiger partial charge in [0, 0.05) is 36.3 Å². The normalized spacial score (nSPS) is 11.3. The molecule has 3 aromatic rings. The molecule has 3 rings (SSSR count). The molecule has 0 saturated heterocycles. The van der Waals surface area contributed by atoms with E-state index in [-0.39, 0.29) is 17.5 Å². The largest absolute Gasteiger partial charge is 0.457 e. The van der Waals surface area contributed by atoms with Crippen molar-refractivity contribution >= 4 is 41.1 Å². The summed E-state index contributed by atoms with van der Waals surface area (Å²) in [6.07, 6.45) is 1.49. The summed E-state index contributed by atoms with van der Waals surface area (Å²) in [7, 11) is 3.21. The summed E-state index contributed by atoms with van der Waals surface area (Å²) in [5.41, 5.74) is 2.25. The fourth-order valence-electron chi connectivity index (χ4n) is 2.70. The number of benzene rings is 2. The molecule has 2 aromatic carbocycles. The van der Waals surface area contributed by atoms with Crippen LogP contribution in [0.1, 0.15) is 21.7 Å². The number of carbonyl (C=O) groups is 2. The van der Waals surface area contributed by atoms with Crippen molar-refractivity contribution in [2.24, 2.45) is 0 Å². The van der Waals surface area contributed by atoms with Gasteiger partial charge in [-0.3, -0.25) is 9.59 Å². The van der Waals surface area contributed by atoms with Gasteiger partial charge in [0.05, 0.1) is 5.02 Å². The van der Waals surface area contributed by atoms with E-state index in [9.17, 15) is 9.59 Å². The Balaban J connectivity index is 1.90. The molecule has 1 aromatic heterocycles. The maximum atomic E-state index is 12.6. The van der Waals surface area contributed by atoms with Crippen LogP contribution in [-0.2, 0) is 4.79 Å². The maximum Gasteiger partial charge on any atom is 0.269 e. The lowest BCUT2D eigenvalue weighted by Crippen LogP contribution is -2.34. The number of nitrogens with zero attached hydrogens (tertiary/aromatic N) is 1. The number of likely N-dealkylation sites (N-methyl/N-ethyl adjacent to an activating group) is 1. The van der Waals surface area contributed by atoms with Crippen molar-refractivity contribution in [1.82, 2.24) is 10.2 Å². The van der Waals surface area contributed by atoms with Gasteiger partial charge in [0.15, 0.2) is 0 Å². The smallest absolute Gasteiger partial charge is 0.269 e. The lowest BCUT2D eigenvalue weighted by Gasteiger charge is -2.14. The standard InChI is InChI=1S/C23H20Cl2N2O3/c1-14-4-6-15(7-5-14)22(28)26-20(23(29)27(2)3)13-17-9-11-21(30-17)18-10-8-16(24)12-19(18)25/h4-13H,1-3H3,(H,26,28). The van der Waals surface area contributed by atoms with E-state index in [2.05, 4.69) is 5.32 Å². The minimum absolute atomic E-state index is 0.0914. The van der Waals surface area contributed by atoms with Crippen LogP contribution in [0.5, 0.6) is 0 Å². The predicted molar refractivity (Wildman–Crippen MR) is 119 cm³/mol. The van der Waals surface area contributed by atoms with Gasteiger partial charge in [0.25, 0.3) is 11.8 Å². The minimum atomic E-state index is -0.385. The zero-order valence-corrected chi connectivity index (χ0v) is 18.2. The highest BCUT2D eigenvalue weighted by atomic mass is 35.5. The van der Waals surface area contributed by atoms with Crippen LogP contribution < -0.4 is 5.32 Å². The quantitative estimate of drug-likeness (QED) is 0.536. The van der Waals surface area contributed by atoms with Crippen molar-refractivity contribution in [3.05, 3.63) is 87.2 Å². The molecule has 0 unspecified atom stereocenters. The highest BCUT2D eigenvalue weighted by Crippen LogP contribution is 2.32. The Labute approximate surface area is 184 Å². The molecule has 0 aliphatic carbocycles. The number of hydrogen-bond donors (Lipinski definition) is 1. The number of halogens is 2. The number of aryl methyl sites for hydroxylation is 1. The molecule has 0 spiro atoms. The number of carbonyl (C=O) groups excluding carboxylic acids is 2. The van der Waals surface area contributed by atoms with Crippen LogP contribution in [0, 0.1) is 6.92 Å². The SMILES string of the molecule is Cc1ccc(C(=O)NC(=Cc2ccc(-c3ccc(Cl)cc3Cl)o2)C(=O)N(C)C)cc1. The molecule has 0 aliphatic rings. The second-order valence-corrected chi connectivity index (χ2v) is 7.75. The third kappa shape index (κ3) is 5.12. The van der Waals surface area contributed by atoms with Crippen LogP contribution in [0.15, 0.2) is 64.7 Å². The molecule has 0 bridgehead atoms. The van der Waals surface area contributed by atoms with Crippen LogP contribution in [0.3, 0.4) is 0 Å². The number of amides is 2. The Bertz CT molecular complexity index is 1120. The van der Waals surface area contributed by atoms with Gasteiger partial charge in [0.2, 0.25) is 0 Å². The summed E-state index contributed by atoms with van der Waals surface area (Å²) in [6, 6.07) is 15.6. The van der Waals surface area contributed by atoms with Gasteiger partial charge in [-0.15, -0.1) is 0 Å². The molecule has 1 N–H and O–H groups in total. The Kier molecular flexibility index (Phi) is 6.65. The molecule has 1 heterocycles. The summed E-state index contributed by atoms with van der Waals surface area (Å²) in [5.74, 6) is 0.164. The van der Waals surface area contributed by atoms with Crippen LogP contribution in [0.4, 0.5) is 0 Å². The molecule has 30 heavy (non-hydrogen) atoms. The number of furan rings is 1. The van der Waals surface area contributed by atoms with Gasteiger partial charge in [-0.1, -0.05) is 40.9 Å². The average Bonchev–Trinajstić information content (AvgIpc) is 3.15. The zero-order valence-electron chi connectivity index (χ0n) is 16.7. The number of rotatable bonds is 5. The van der Waals surface area contributed by atoms with Gasteiger partial charge < -0.3 is 14.6 Å². The highest BCUT2D eigenvalue weighted by Gasteiger charge is 2.17. The summed E-state index contributed by atoms with van der Waals surface area (Å²) in [6.45, 7) is 1.93. The lowest BCUT2D eigenvalue weighted by molar-refractivity contribution is -0.124. The van der Waals surface area contributed by atoms with Crippen molar-refractivity contribution in [2.75, 3.05) is 14.1 Å². The molecular weight excluding hydrogens is 423 g/mol. The summed E-state index contributed by atoms with van der Waals surface area (Å²) in [4.78, 5) is 26.6. The lowest BCUT2D eigenvalue weighted by atomic mass is 10.1. The van der Waals surface area contributed by atoms with E-state index in [0.717, 1.165) is 5.56 Å². The molecule has 0 atom stereocenters. The van der Waals surface area contributed by atoms with E-state index in [1.54, 1.807) is 56.6 Å². The molecular formula is C23H20Cl2N2O3. The maximum absolute atomic E-state index is 12.6. The monoisotopic (exact) mass is 442 g/mol. The summed E-state index contributed by atoms with van der Waals surface area (Å²) in [5, 5.41) is 3.65. The van der Waals surface area contributed by atoms with E-state index in [1.165, 1.54) is 11.0 Å². The van der Waals surface area contributed by atoms with Crippen LogP contribution in [-0.4, -0.2) is 30.8 Å². The fourth-order valence-corrected chi connectivity index (χ4v) is 3.20. The molecule has 2 amide bonds. The Hall–Kier alpha value is -3.02.